The average molecular weight is 891 g/mol. The highest BCUT2D eigenvalue weighted by Crippen LogP contribution is 2.44. The van der Waals surface area contributed by atoms with Gasteiger partial charge in [0.05, 0.1) is 55.3 Å². The van der Waals surface area contributed by atoms with Gasteiger partial charge in [-0.1, -0.05) is 25.1 Å². The number of imidazole rings is 2. The van der Waals surface area contributed by atoms with Gasteiger partial charge in [-0.2, -0.15) is 0 Å². The summed E-state index contributed by atoms with van der Waals surface area (Å²) in [7, 11) is 4.08. The molecular weight excluding hydrogens is 833 g/mol. The molecule has 3 aromatic carbocycles. The second-order valence-electron chi connectivity index (χ2n) is 17.7. The number of rotatable bonds is 11. The summed E-state index contributed by atoms with van der Waals surface area (Å²) >= 11 is 0. The number of benzene rings is 3. The van der Waals surface area contributed by atoms with E-state index < -0.39 is 30.4 Å². The van der Waals surface area contributed by atoms with Gasteiger partial charge in [0.25, 0.3) is 0 Å². The van der Waals surface area contributed by atoms with Crippen LogP contribution in [0.2, 0.25) is 0 Å². The Morgan fingerprint density at radius 3 is 2.35 bits per heavy atom. The van der Waals surface area contributed by atoms with Crippen molar-refractivity contribution in [3.05, 3.63) is 65.9 Å². The predicted molar refractivity (Wildman–Crippen MR) is 241 cm³/mol. The molecule has 344 valence electrons. The third kappa shape index (κ3) is 8.24. The van der Waals surface area contributed by atoms with Crippen LogP contribution < -0.4 is 15.4 Å². The van der Waals surface area contributed by atoms with Crippen LogP contribution in [-0.2, 0) is 35.1 Å². The smallest absolute Gasteiger partial charge is 0.407 e. The third-order valence-electron chi connectivity index (χ3n) is 14.1. The molecule has 65 heavy (non-hydrogen) atoms. The van der Waals surface area contributed by atoms with Crippen molar-refractivity contribution < 1.29 is 42.9 Å². The molecule has 0 spiro atoms. The molecule has 4 aliphatic rings. The molecule has 9 rings (SSSR count). The number of fused-ring (bicyclic) bond motifs is 6. The van der Waals surface area contributed by atoms with E-state index in [1.165, 1.54) is 21.3 Å². The molecule has 0 aliphatic carbocycles. The number of methoxy groups -OCH3 is 3. The number of alkyl carbamates (subject to hydrolysis) is 2. The Labute approximate surface area is 377 Å². The standard InChI is InChI=1S/C48H58N8O9/c1-7-31-11-15-37(56(31)46(58)41(54-48(60)63-6)27-16-18-64-19-17-27)43-49-23-36(51-43)29-9-12-32-30(20-29)24-65-39-22-33-28(21-34(32)39)10-13-35-42(33)52-44(50-35)38-14-8-25(2)55(38)45(57)40(26(3)61-4)53-47(59)62-5/h9-10,12-13,20-23,25-27,31,37-38,40-41H,7-8,11,14-19,24H2,1-6H3,(H,49,51)(H,50,52)(H,53,59)(H,54,60)/t25-,26?,31-,37?,38?,40?,41-/m0/s1. The van der Waals surface area contributed by atoms with E-state index in [-0.39, 0.29) is 41.9 Å². The van der Waals surface area contributed by atoms with Crippen LogP contribution in [-0.4, -0.2) is 119 Å². The van der Waals surface area contributed by atoms with Gasteiger partial charge in [0, 0.05) is 43.4 Å². The van der Waals surface area contributed by atoms with Gasteiger partial charge >= 0.3 is 12.2 Å². The molecule has 7 atom stereocenters. The van der Waals surface area contributed by atoms with E-state index in [1.807, 2.05) is 24.1 Å². The molecule has 4 amide bonds. The van der Waals surface area contributed by atoms with E-state index in [1.54, 1.807) is 11.8 Å². The molecule has 0 bridgehead atoms. The second kappa shape index (κ2) is 18.4. The van der Waals surface area contributed by atoms with Crippen LogP contribution in [0, 0.1) is 5.92 Å². The predicted octanol–water partition coefficient (Wildman–Crippen LogP) is 7.07. The van der Waals surface area contributed by atoms with Gasteiger partial charge in [0.15, 0.2) is 0 Å². The normalized spacial score (nSPS) is 22.2. The van der Waals surface area contributed by atoms with Crippen molar-refractivity contribution in [1.82, 2.24) is 40.4 Å². The molecule has 4 N–H and O–H groups in total. The van der Waals surface area contributed by atoms with Crippen LogP contribution in [0.15, 0.2) is 48.7 Å². The Hall–Kier alpha value is -6.20. The minimum atomic E-state index is -0.936. The van der Waals surface area contributed by atoms with Gasteiger partial charge in [0.1, 0.15) is 36.1 Å². The Morgan fingerprint density at radius 1 is 0.846 bits per heavy atom. The zero-order valence-electron chi connectivity index (χ0n) is 37.8. The Kier molecular flexibility index (Phi) is 12.4. The zero-order chi connectivity index (χ0) is 45.5. The van der Waals surface area contributed by atoms with Gasteiger partial charge in [-0.25, -0.2) is 19.6 Å². The summed E-state index contributed by atoms with van der Waals surface area (Å²) in [5, 5.41) is 7.46. The third-order valence-corrected chi connectivity index (χ3v) is 14.1. The van der Waals surface area contributed by atoms with E-state index in [2.05, 4.69) is 63.9 Å². The lowest BCUT2D eigenvalue weighted by atomic mass is 9.90. The number of carbonyl (C=O) groups is 4. The number of nitrogens with zero attached hydrogens (tertiary/aromatic N) is 4. The number of amides is 4. The molecule has 6 heterocycles. The number of hydrogen-bond acceptors (Lipinski definition) is 11. The molecule has 2 aromatic heterocycles. The molecule has 5 aromatic rings. The van der Waals surface area contributed by atoms with Crippen molar-refractivity contribution in [2.75, 3.05) is 34.5 Å². The fraction of sp³-hybridized carbons (Fsp3) is 0.500. The summed E-state index contributed by atoms with van der Waals surface area (Å²) in [6, 6.07) is 12.3. The first-order valence-corrected chi connectivity index (χ1v) is 22.7. The summed E-state index contributed by atoms with van der Waals surface area (Å²) < 4.78 is 27.3. The van der Waals surface area contributed by atoms with Crippen molar-refractivity contribution in [3.63, 3.8) is 0 Å². The molecular formula is C48H58N8O9. The van der Waals surface area contributed by atoms with E-state index in [4.69, 9.17) is 33.7 Å². The molecule has 4 aliphatic heterocycles. The van der Waals surface area contributed by atoms with Crippen LogP contribution >= 0.6 is 0 Å². The van der Waals surface area contributed by atoms with Crippen molar-refractivity contribution in [2.24, 2.45) is 5.92 Å². The first kappa shape index (κ1) is 44.0. The molecule has 17 heteroatoms. The SMILES string of the molecule is CC[C@H]1CCC(c2ncc(-c3ccc4c(c3)COc3cc5c(ccc6[nH]c(C7CC[C@H](C)N7C(=O)C(NC(=O)OC)C(C)OC)nc65)cc3-4)[nH]2)N1C(=O)[C@@H](NC(=O)OC)C1CCOCC1. The van der Waals surface area contributed by atoms with Crippen molar-refractivity contribution >= 4 is 45.8 Å². The number of nitrogens with one attached hydrogen (secondary N) is 4. The molecule has 3 fully saturated rings. The lowest BCUT2D eigenvalue weighted by Crippen LogP contribution is -2.55. The fourth-order valence-electron chi connectivity index (χ4n) is 10.4. The first-order valence-electron chi connectivity index (χ1n) is 22.7. The maximum absolute atomic E-state index is 14.4. The van der Waals surface area contributed by atoms with Gasteiger partial charge in [-0.3, -0.25) is 9.59 Å². The summed E-state index contributed by atoms with van der Waals surface area (Å²) in [5.74, 6) is 1.73. The summed E-state index contributed by atoms with van der Waals surface area (Å²) in [6.45, 7) is 7.30. The maximum Gasteiger partial charge on any atom is 0.407 e. The number of carbonyl (C=O) groups excluding carboxylic acids is 4. The lowest BCUT2D eigenvalue weighted by molar-refractivity contribution is -0.140. The van der Waals surface area contributed by atoms with E-state index >= 15 is 0 Å². The Bertz CT molecular complexity index is 2600. The van der Waals surface area contributed by atoms with Crippen molar-refractivity contribution in [2.45, 2.75) is 115 Å². The number of aromatic nitrogens is 4. The van der Waals surface area contributed by atoms with Crippen LogP contribution in [0.3, 0.4) is 0 Å². The minimum absolute atomic E-state index is 0.0183. The van der Waals surface area contributed by atoms with E-state index in [0.29, 0.717) is 50.7 Å². The molecule has 4 unspecified atom stereocenters. The highest BCUT2D eigenvalue weighted by atomic mass is 16.5. The highest BCUT2D eigenvalue weighted by Gasteiger charge is 2.45. The van der Waals surface area contributed by atoms with Crippen molar-refractivity contribution in [3.8, 4) is 28.1 Å². The molecule has 17 nitrogen and oxygen atoms in total. The average Bonchev–Trinajstić information content (AvgIpc) is 4.17. The van der Waals surface area contributed by atoms with Gasteiger partial charge in [0.2, 0.25) is 11.8 Å². The van der Waals surface area contributed by atoms with Crippen LogP contribution in [0.5, 0.6) is 5.75 Å². The molecule has 0 saturated carbocycles. The number of likely N-dealkylation sites (tertiary alicyclic amines) is 2. The number of hydrogen-bond donors (Lipinski definition) is 4. The van der Waals surface area contributed by atoms with Crippen LogP contribution in [0.25, 0.3) is 44.2 Å². The summed E-state index contributed by atoms with van der Waals surface area (Å²) in [6.07, 6.45) is 5.15. The fourth-order valence-corrected chi connectivity index (χ4v) is 10.4. The van der Waals surface area contributed by atoms with E-state index in [9.17, 15) is 19.2 Å². The Balaban J connectivity index is 0.965. The van der Waals surface area contributed by atoms with Crippen LogP contribution in [0.1, 0.15) is 95.0 Å². The van der Waals surface area contributed by atoms with Gasteiger partial charge in [-0.05, 0) is 111 Å². The van der Waals surface area contributed by atoms with Crippen molar-refractivity contribution in [1.29, 1.82) is 0 Å². The number of aromatic amines is 2. The lowest BCUT2D eigenvalue weighted by Gasteiger charge is -2.36. The number of H-pyrrole nitrogens is 2. The molecule has 0 radical (unpaired) electrons. The van der Waals surface area contributed by atoms with E-state index in [0.717, 1.165) is 81.2 Å². The largest absolute Gasteiger partial charge is 0.488 e. The number of ether oxygens (including phenoxy) is 5. The van der Waals surface area contributed by atoms with Crippen LogP contribution in [0.4, 0.5) is 9.59 Å². The summed E-state index contributed by atoms with van der Waals surface area (Å²) in [5.41, 5.74) is 6.51. The summed E-state index contributed by atoms with van der Waals surface area (Å²) in [4.78, 5) is 74.0. The Morgan fingerprint density at radius 2 is 1.60 bits per heavy atom. The quantitative estimate of drug-likeness (QED) is 0.106. The van der Waals surface area contributed by atoms with Gasteiger partial charge < -0.3 is 54.1 Å². The molecule has 3 saturated heterocycles. The topological polar surface area (TPSA) is 202 Å². The second-order valence-corrected chi connectivity index (χ2v) is 17.7. The monoisotopic (exact) mass is 890 g/mol. The van der Waals surface area contributed by atoms with Gasteiger partial charge in [-0.15, -0.1) is 0 Å². The first-order chi connectivity index (χ1) is 31.5. The maximum atomic E-state index is 14.4. The minimum Gasteiger partial charge on any atom is -0.488 e. The zero-order valence-corrected chi connectivity index (χ0v) is 37.8. The highest BCUT2D eigenvalue weighted by molar-refractivity contribution is 6.07.